The second-order valence-corrected chi connectivity index (χ2v) is 13.3. The molecular formula is C39H42N10O3. The van der Waals surface area contributed by atoms with Crippen molar-refractivity contribution in [2.45, 2.75) is 33.0 Å². The lowest BCUT2D eigenvalue weighted by Crippen LogP contribution is -2.36. The molecule has 3 aromatic heterocycles. The zero-order valence-electron chi connectivity index (χ0n) is 29.8. The van der Waals surface area contributed by atoms with Gasteiger partial charge in [-0.1, -0.05) is 18.2 Å². The number of aliphatic imine (C=N–C) groups is 2. The van der Waals surface area contributed by atoms with Gasteiger partial charge in [0.25, 0.3) is 0 Å². The van der Waals surface area contributed by atoms with Gasteiger partial charge in [0, 0.05) is 68.2 Å². The van der Waals surface area contributed by atoms with Crippen LogP contribution in [-0.4, -0.2) is 99.9 Å². The Morgan fingerprint density at radius 3 is 1.75 bits per heavy atom. The van der Waals surface area contributed by atoms with Crippen molar-refractivity contribution < 1.29 is 14.2 Å². The molecule has 0 amide bonds. The van der Waals surface area contributed by atoms with Gasteiger partial charge in [0.1, 0.15) is 30.0 Å². The van der Waals surface area contributed by atoms with Crippen molar-refractivity contribution in [2.24, 2.45) is 17.0 Å². The van der Waals surface area contributed by atoms with Crippen LogP contribution in [0, 0.1) is 0 Å². The predicted octanol–water partition coefficient (Wildman–Crippen LogP) is 4.52. The van der Waals surface area contributed by atoms with E-state index < -0.39 is 0 Å². The van der Waals surface area contributed by atoms with Crippen LogP contribution in [0.5, 0.6) is 5.75 Å². The number of fused-ring (bicyclic) bond motifs is 2. The molecule has 13 heteroatoms. The highest BCUT2D eigenvalue weighted by Crippen LogP contribution is 2.30. The lowest BCUT2D eigenvalue weighted by Gasteiger charge is -2.27. The number of nitrogens with zero attached hydrogens (tertiary/aromatic N) is 10. The monoisotopic (exact) mass is 698 g/mol. The second-order valence-electron chi connectivity index (χ2n) is 13.3. The highest BCUT2D eigenvalue weighted by Gasteiger charge is 2.23. The molecule has 9 rings (SSSR count). The topological polar surface area (TPSA) is 128 Å². The minimum atomic E-state index is 0.145. The maximum absolute atomic E-state index is 5.83. The van der Waals surface area contributed by atoms with Crippen molar-refractivity contribution in [3.8, 4) is 16.9 Å². The fourth-order valence-electron chi connectivity index (χ4n) is 6.76. The number of ether oxygens (including phenoxy) is 3. The zero-order valence-corrected chi connectivity index (χ0v) is 29.8. The normalized spacial score (nSPS) is 16.5. The van der Waals surface area contributed by atoms with Crippen molar-refractivity contribution in [2.75, 3.05) is 62.4 Å². The number of hydrogen-bond acceptors (Lipinski definition) is 12. The molecule has 52 heavy (non-hydrogen) atoms. The number of anilines is 2. The van der Waals surface area contributed by atoms with E-state index in [4.69, 9.17) is 24.2 Å². The minimum Gasteiger partial charge on any atom is -0.491 e. The summed E-state index contributed by atoms with van der Waals surface area (Å²) >= 11 is 0. The summed E-state index contributed by atoms with van der Waals surface area (Å²) in [5.74, 6) is 2.73. The predicted molar refractivity (Wildman–Crippen MR) is 200 cm³/mol. The average Bonchev–Trinajstić information content (AvgIpc) is 3.94. The fourth-order valence-corrected chi connectivity index (χ4v) is 6.76. The molecule has 0 atom stereocenters. The van der Waals surface area contributed by atoms with Gasteiger partial charge >= 0.3 is 0 Å². The lowest BCUT2D eigenvalue weighted by molar-refractivity contribution is 0.122. The van der Waals surface area contributed by atoms with Crippen LogP contribution >= 0.6 is 0 Å². The number of aromatic nitrogens is 6. The van der Waals surface area contributed by atoms with Gasteiger partial charge < -0.3 is 24.0 Å². The van der Waals surface area contributed by atoms with Gasteiger partial charge in [-0.15, -0.1) is 0 Å². The fraction of sp³-hybridized carbons (Fsp3) is 0.359. The third-order valence-corrected chi connectivity index (χ3v) is 9.39. The Morgan fingerprint density at radius 2 is 1.21 bits per heavy atom. The molecule has 0 bridgehead atoms. The molecule has 5 aromatic rings. The van der Waals surface area contributed by atoms with Gasteiger partial charge in [0.15, 0.2) is 0 Å². The Morgan fingerprint density at radius 1 is 0.654 bits per heavy atom. The SMILES string of the molecule is CC(C)Oc1ccc2c(c1)C(c1cc(N3CCOCC3)ncn1)=NC2.Cn1cc(-c2ccc3c(c2)C(c2cc(N4CCOCC4)ncn2)=NC3)cn1. The molecule has 4 aliphatic heterocycles. The average molecular weight is 699 g/mol. The zero-order chi connectivity index (χ0) is 35.4. The minimum absolute atomic E-state index is 0.145. The number of aryl methyl sites for hydroxylation is 1. The Labute approximate surface area is 303 Å². The van der Waals surface area contributed by atoms with Crippen molar-refractivity contribution in [3.63, 3.8) is 0 Å². The van der Waals surface area contributed by atoms with Gasteiger partial charge in [-0.05, 0) is 48.7 Å². The third-order valence-electron chi connectivity index (χ3n) is 9.39. The van der Waals surface area contributed by atoms with Crippen molar-refractivity contribution >= 4 is 23.1 Å². The summed E-state index contributed by atoms with van der Waals surface area (Å²) < 4.78 is 18.5. The molecular weight excluding hydrogens is 656 g/mol. The molecule has 0 aliphatic carbocycles. The Kier molecular flexibility index (Phi) is 9.68. The van der Waals surface area contributed by atoms with E-state index in [-0.39, 0.29) is 6.10 Å². The van der Waals surface area contributed by atoms with Crippen molar-refractivity contribution in [1.29, 1.82) is 0 Å². The standard InChI is InChI=1S/C20H20N6O.C19H22N4O2/c1-25-12-16(11-24-25)14-2-3-15-10-21-20(17(15)8-14)18-9-19(23-13-22-18)26-4-6-27-7-5-26;1-13(2)25-15-4-3-14-11-20-19(16(14)9-15)17-10-18(22-12-21-17)23-5-7-24-8-6-23/h2-3,8-9,11-13H,4-7,10H2,1H3;3-4,9-10,12-13H,5-8,11H2,1-2H3. The van der Waals surface area contributed by atoms with E-state index in [0.717, 1.165) is 115 Å². The summed E-state index contributed by atoms with van der Waals surface area (Å²) in [4.78, 5) is 31.8. The first kappa shape index (κ1) is 33.6. The summed E-state index contributed by atoms with van der Waals surface area (Å²) in [6, 6.07) is 16.7. The Balaban J connectivity index is 0.000000149. The van der Waals surface area contributed by atoms with Crippen LogP contribution in [0.2, 0.25) is 0 Å². The molecule has 2 saturated heterocycles. The van der Waals surface area contributed by atoms with Crippen LogP contribution < -0.4 is 14.5 Å². The molecule has 0 saturated carbocycles. The number of benzene rings is 2. The van der Waals surface area contributed by atoms with E-state index in [2.05, 4.69) is 65.2 Å². The molecule has 4 aliphatic rings. The number of hydrogen-bond donors (Lipinski definition) is 0. The highest BCUT2D eigenvalue weighted by atomic mass is 16.5. The van der Waals surface area contributed by atoms with Crippen LogP contribution in [0.25, 0.3) is 11.1 Å². The maximum Gasteiger partial charge on any atom is 0.132 e. The summed E-state index contributed by atoms with van der Waals surface area (Å²) in [5, 5.41) is 4.28. The summed E-state index contributed by atoms with van der Waals surface area (Å²) in [6.07, 6.45) is 7.30. The molecule has 7 heterocycles. The summed E-state index contributed by atoms with van der Waals surface area (Å²) in [5.41, 5.74) is 10.5. The molecule has 0 N–H and O–H groups in total. The molecule has 0 unspecified atom stereocenters. The molecule has 13 nitrogen and oxygen atoms in total. The molecule has 2 fully saturated rings. The first-order valence-electron chi connectivity index (χ1n) is 17.8. The lowest BCUT2D eigenvalue weighted by atomic mass is 9.98. The molecule has 266 valence electrons. The highest BCUT2D eigenvalue weighted by molar-refractivity contribution is 6.15. The van der Waals surface area contributed by atoms with Crippen molar-refractivity contribution in [3.05, 3.63) is 107 Å². The number of morpholine rings is 2. The third kappa shape index (κ3) is 7.28. The van der Waals surface area contributed by atoms with E-state index in [1.54, 1.807) is 12.7 Å². The molecule has 0 radical (unpaired) electrons. The quantitative estimate of drug-likeness (QED) is 0.240. The van der Waals surface area contributed by atoms with E-state index in [9.17, 15) is 0 Å². The first-order chi connectivity index (χ1) is 25.5. The molecule has 2 aromatic carbocycles. The van der Waals surface area contributed by atoms with Crippen LogP contribution in [0.15, 0.2) is 83.6 Å². The first-order valence-corrected chi connectivity index (χ1v) is 17.8. The van der Waals surface area contributed by atoms with E-state index in [1.165, 1.54) is 11.1 Å². The largest absolute Gasteiger partial charge is 0.491 e. The summed E-state index contributed by atoms with van der Waals surface area (Å²) in [6.45, 7) is 11.8. The summed E-state index contributed by atoms with van der Waals surface area (Å²) in [7, 11) is 1.93. The number of rotatable bonds is 7. The van der Waals surface area contributed by atoms with Gasteiger partial charge in [0.2, 0.25) is 0 Å². The van der Waals surface area contributed by atoms with Crippen LogP contribution in [0.1, 0.15) is 47.5 Å². The van der Waals surface area contributed by atoms with Crippen LogP contribution in [0.4, 0.5) is 11.6 Å². The van der Waals surface area contributed by atoms with Gasteiger partial charge in [-0.3, -0.25) is 14.7 Å². The Bertz CT molecular complexity index is 2120. The van der Waals surface area contributed by atoms with Gasteiger partial charge in [-0.25, -0.2) is 19.9 Å². The van der Waals surface area contributed by atoms with E-state index in [0.29, 0.717) is 13.1 Å². The van der Waals surface area contributed by atoms with E-state index in [1.807, 2.05) is 56.2 Å². The smallest absolute Gasteiger partial charge is 0.132 e. The Hall–Kier alpha value is -5.53. The second kappa shape index (κ2) is 15.0. The van der Waals surface area contributed by atoms with Crippen LogP contribution in [0.3, 0.4) is 0 Å². The molecule has 0 spiro atoms. The van der Waals surface area contributed by atoms with Gasteiger partial charge in [0.05, 0.1) is 74.6 Å². The van der Waals surface area contributed by atoms with Gasteiger partial charge in [-0.2, -0.15) is 5.10 Å². The van der Waals surface area contributed by atoms with E-state index >= 15 is 0 Å². The van der Waals surface area contributed by atoms with Crippen LogP contribution in [-0.2, 0) is 29.6 Å². The van der Waals surface area contributed by atoms with Crippen molar-refractivity contribution in [1.82, 2.24) is 29.7 Å². The maximum atomic E-state index is 5.83.